The van der Waals surface area contributed by atoms with Crippen LogP contribution in [0.2, 0.25) is 18.1 Å². The van der Waals surface area contributed by atoms with Gasteiger partial charge in [0.2, 0.25) is 0 Å². The SMILES string of the molecule is CCCCCC[C@@H](CCC)C(=O)OC/C(=C(\CO[Si](C)(C)C(C)(C)C)c1ccc(F)c(F)c1)c1ccc(S(C)(=O)=O)cc1. The van der Waals surface area contributed by atoms with E-state index in [0.29, 0.717) is 22.3 Å². The maximum atomic E-state index is 14.5. The molecule has 0 N–H and O–H groups in total. The molecule has 0 aliphatic heterocycles. The molecule has 0 unspecified atom stereocenters. The van der Waals surface area contributed by atoms with E-state index < -0.39 is 29.8 Å². The summed E-state index contributed by atoms with van der Waals surface area (Å²) in [7, 11) is -5.73. The Morgan fingerprint density at radius 3 is 1.98 bits per heavy atom. The van der Waals surface area contributed by atoms with Crippen molar-refractivity contribution in [3.05, 3.63) is 65.2 Å². The Balaban J connectivity index is 2.63. The van der Waals surface area contributed by atoms with Gasteiger partial charge in [0.05, 0.1) is 17.4 Å². The molecule has 43 heavy (non-hydrogen) atoms. The Morgan fingerprint density at radius 2 is 1.44 bits per heavy atom. The summed E-state index contributed by atoms with van der Waals surface area (Å²) in [4.78, 5) is 13.5. The molecular weight excluding hydrogens is 587 g/mol. The topological polar surface area (TPSA) is 69.7 Å². The van der Waals surface area contributed by atoms with Crippen LogP contribution in [-0.2, 0) is 23.8 Å². The number of halogens is 2. The minimum Gasteiger partial charge on any atom is -0.461 e. The van der Waals surface area contributed by atoms with Crippen LogP contribution < -0.4 is 0 Å². The van der Waals surface area contributed by atoms with Gasteiger partial charge in [0.1, 0.15) is 6.61 Å². The summed E-state index contributed by atoms with van der Waals surface area (Å²) in [5.74, 6) is -2.49. The first-order chi connectivity index (χ1) is 20.0. The van der Waals surface area contributed by atoms with Crippen LogP contribution in [0.15, 0.2) is 47.4 Å². The zero-order chi connectivity index (χ0) is 32.4. The van der Waals surface area contributed by atoms with Gasteiger partial charge >= 0.3 is 5.97 Å². The summed E-state index contributed by atoms with van der Waals surface area (Å²) in [6.07, 6.45) is 7.70. The number of ether oxygens (including phenoxy) is 1. The molecule has 2 rings (SSSR count). The Morgan fingerprint density at radius 1 is 0.837 bits per heavy atom. The molecule has 2 aromatic rings. The van der Waals surface area contributed by atoms with E-state index in [0.717, 1.165) is 63.3 Å². The maximum absolute atomic E-state index is 14.5. The molecule has 0 amide bonds. The molecule has 0 aliphatic carbocycles. The van der Waals surface area contributed by atoms with Gasteiger partial charge in [0.15, 0.2) is 29.8 Å². The average Bonchev–Trinajstić information content (AvgIpc) is 2.92. The van der Waals surface area contributed by atoms with Gasteiger partial charge in [0, 0.05) is 11.8 Å². The van der Waals surface area contributed by atoms with Crippen molar-refractivity contribution in [3.8, 4) is 0 Å². The molecule has 240 valence electrons. The number of carbonyl (C=O) groups is 1. The number of benzene rings is 2. The van der Waals surface area contributed by atoms with Crippen molar-refractivity contribution in [3.63, 3.8) is 0 Å². The highest BCUT2D eigenvalue weighted by Crippen LogP contribution is 2.38. The van der Waals surface area contributed by atoms with Crippen LogP contribution in [0.25, 0.3) is 11.1 Å². The standard InChI is InChI=1S/C34H50F2O5SSi/c1-9-11-12-13-15-26(14-10-2)33(37)40-23-29(25-16-19-28(20-17-25)42(6,38)39)30(24-41-43(7,8)34(3,4)5)27-18-21-31(35)32(36)22-27/h16-22,26H,9-15,23-24H2,1-8H3/b30-29-/t26-/m1/s1. The minimum atomic E-state index is -3.44. The van der Waals surface area contributed by atoms with Crippen LogP contribution in [0.4, 0.5) is 8.78 Å². The molecule has 0 heterocycles. The minimum absolute atomic E-state index is 0.0810. The van der Waals surface area contributed by atoms with Crippen molar-refractivity contribution in [2.45, 2.75) is 103 Å². The molecule has 0 spiro atoms. The lowest BCUT2D eigenvalue weighted by molar-refractivity contribution is -0.147. The summed E-state index contributed by atoms with van der Waals surface area (Å²) in [5, 5.41) is -0.110. The highest BCUT2D eigenvalue weighted by molar-refractivity contribution is 7.90. The largest absolute Gasteiger partial charge is 0.461 e. The molecule has 0 bridgehead atoms. The molecule has 0 saturated heterocycles. The highest BCUT2D eigenvalue weighted by atomic mass is 32.2. The van der Waals surface area contributed by atoms with Gasteiger partial charge in [-0.3, -0.25) is 4.79 Å². The lowest BCUT2D eigenvalue weighted by Gasteiger charge is -2.36. The van der Waals surface area contributed by atoms with Crippen molar-refractivity contribution in [1.82, 2.24) is 0 Å². The van der Waals surface area contributed by atoms with Crippen molar-refractivity contribution < 1.29 is 31.2 Å². The van der Waals surface area contributed by atoms with Crippen LogP contribution in [-0.4, -0.2) is 42.2 Å². The fourth-order valence-electron chi connectivity index (χ4n) is 4.55. The third kappa shape index (κ3) is 10.9. The monoisotopic (exact) mass is 636 g/mol. The highest BCUT2D eigenvalue weighted by Gasteiger charge is 2.37. The molecule has 0 aromatic heterocycles. The maximum Gasteiger partial charge on any atom is 0.309 e. The molecule has 1 atom stereocenters. The smallest absolute Gasteiger partial charge is 0.309 e. The quantitative estimate of drug-likeness (QED) is 0.0795. The van der Waals surface area contributed by atoms with E-state index in [1.54, 1.807) is 12.1 Å². The van der Waals surface area contributed by atoms with E-state index in [2.05, 4.69) is 40.8 Å². The van der Waals surface area contributed by atoms with E-state index >= 15 is 0 Å². The Kier molecular flexibility index (Phi) is 13.8. The first kappa shape index (κ1) is 36.8. The van der Waals surface area contributed by atoms with Crippen molar-refractivity contribution >= 4 is 35.3 Å². The number of hydrogen-bond acceptors (Lipinski definition) is 5. The van der Waals surface area contributed by atoms with Gasteiger partial charge in [-0.25, -0.2) is 17.2 Å². The number of hydrogen-bond donors (Lipinski definition) is 0. The Labute approximate surface area is 259 Å². The summed E-state index contributed by atoms with van der Waals surface area (Å²) in [6, 6.07) is 9.99. The molecule has 5 nitrogen and oxygen atoms in total. The predicted octanol–water partition coefficient (Wildman–Crippen LogP) is 9.23. The third-order valence-electron chi connectivity index (χ3n) is 8.38. The van der Waals surface area contributed by atoms with Crippen molar-refractivity contribution in [2.24, 2.45) is 5.92 Å². The van der Waals surface area contributed by atoms with E-state index in [1.165, 1.54) is 18.2 Å². The van der Waals surface area contributed by atoms with Crippen molar-refractivity contribution in [1.29, 1.82) is 0 Å². The summed E-state index contributed by atoms with van der Waals surface area (Å²) < 4.78 is 65.4. The Bertz CT molecular complexity index is 1350. The molecule has 0 radical (unpaired) electrons. The number of carbonyl (C=O) groups excluding carboxylic acids is 1. The van der Waals surface area contributed by atoms with Crippen LogP contribution in [0.5, 0.6) is 0 Å². The summed E-state index contributed by atoms with van der Waals surface area (Å²) >= 11 is 0. The molecular formula is C34H50F2O5SSi. The van der Waals surface area contributed by atoms with E-state index in [4.69, 9.17) is 9.16 Å². The van der Waals surface area contributed by atoms with Gasteiger partial charge < -0.3 is 9.16 Å². The second-order valence-electron chi connectivity index (χ2n) is 12.9. The first-order valence-electron chi connectivity index (χ1n) is 15.3. The van der Waals surface area contributed by atoms with Gasteiger partial charge in [-0.1, -0.05) is 84.9 Å². The second kappa shape index (κ2) is 16.1. The fourth-order valence-corrected chi connectivity index (χ4v) is 6.12. The van der Waals surface area contributed by atoms with Crippen LogP contribution in [0, 0.1) is 17.6 Å². The van der Waals surface area contributed by atoms with Crippen LogP contribution >= 0.6 is 0 Å². The van der Waals surface area contributed by atoms with Gasteiger partial charge in [0.25, 0.3) is 0 Å². The molecule has 0 aliphatic rings. The number of sulfone groups is 1. The molecule has 2 aromatic carbocycles. The molecule has 0 fully saturated rings. The zero-order valence-electron chi connectivity index (χ0n) is 27.2. The fraction of sp³-hybridized carbons (Fsp3) is 0.559. The number of unbranched alkanes of at least 4 members (excludes halogenated alkanes) is 3. The second-order valence-corrected chi connectivity index (χ2v) is 19.7. The molecule has 0 saturated carbocycles. The first-order valence-corrected chi connectivity index (χ1v) is 20.1. The normalized spacial score (nSPS) is 13.9. The van der Waals surface area contributed by atoms with Gasteiger partial charge in [-0.15, -0.1) is 0 Å². The van der Waals surface area contributed by atoms with Crippen molar-refractivity contribution in [2.75, 3.05) is 19.5 Å². The van der Waals surface area contributed by atoms with Crippen LogP contribution in [0.1, 0.15) is 90.7 Å². The predicted molar refractivity (Wildman–Crippen MR) is 174 cm³/mol. The van der Waals surface area contributed by atoms with Gasteiger partial charge in [-0.05, 0) is 71.9 Å². The third-order valence-corrected chi connectivity index (χ3v) is 14.0. The van der Waals surface area contributed by atoms with E-state index in [1.807, 2.05) is 6.92 Å². The lowest BCUT2D eigenvalue weighted by Crippen LogP contribution is -2.41. The van der Waals surface area contributed by atoms with Crippen LogP contribution in [0.3, 0.4) is 0 Å². The molecule has 9 heteroatoms. The number of rotatable bonds is 16. The average molecular weight is 637 g/mol. The van der Waals surface area contributed by atoms with E-state index in [9.17, 15) is 22.0 Å². The lowest BCUT2D eigenvalue weighted by atomic mass is 9.94. The Hall–Kier alpha value is -2.36. The summed E-state index contributed by atoms with van der Waals surface area (Å²) in [6.45, 7) is 14.7. The zero-order valence-corrected chi connectivity index (χ0v) is 29.0. The summed E-state index contributed by atoms with van der Waals surface area (Å²) in [5.41, 5.74) is 2.12. The number of esters is 1. The van der Waals surface area contributed by atoms with E-state index in [-0.39, 0.29) is 35.0 Å². The van der Waals surface area contributed by atoms with Gasteiger partial charge in [-0.2, -0.15) is 0 Å².